The van der Waals surface area contributed by atoms with Crippen molar-refractivity contribution in [3.63, 3.8) is 0 Å². The molecule has 0 unspecified atom stereocenters. The number of nitroso groups, excluding NO2 is 1. The highest BCUT2D eigenvalue weighted by atomic mass is 16.2. The third kappa shape index (κ3) is 5.52. The quantitative estimate of drug-likeness (QED) is 0.249. The highest BCUT2D eigenvalue weighted by Gasteiger charge is 2.01. The van der Waals surface area contributed by atoms with Gasteiger partial charge in [-0.05, 0) is 6.42 Å². The second-order valence-electron chi connectivity index (χ2n) is 2.48. The van der Waals surface area contributed by atoms with E-state index in [0.29, 0.717) is 0 Å². The molecule has 0 aliphatic carbocycles. The normalized spacial score (nSPS) is 9.00. The van der Waals surface area contributed by atoms with Crippen LogP contribution in [0.25, 0.3) is 0 Å². The lowest BCUT2D eigenvalue weighted by molar-refractivity contribution is 0.751. The van der Waals surface area contributed by atoms with Crippen molar-refractivity contribution in [2.24, 2.45) is 0 Å². The molecular weight excluding hydrogens is 126 g/mol. The Bertz CT molecular complexity index is 125. The molecule has 0 aliphatic heterocycles. The van der Waals surface area contributed by atoms with Gasteiger partial charge in [0, 0.05) is 6.92 Å². The molecule has 0 spiro atoms. The minimum Gasteiger partial charge on any atom is -0.332 e. The lowest BCUT2D eigenvalue weighted by atomic mass is 10.1. The van der Waals surface area contributed by atoms with E-state index in [1.807, 2.05) is 0 Å². The lowest BCUT2D eigenvalue weighted by Crippen LogP contribution is -1.93. The fraction of sp³-hybridized carbons (Fsp3) is 0.750. The zero-order valence-corrected chi connectivity index (χ0v) is 6.76. The van der Waals surface area contributed by atoms with Gasteiger partial charge in [0.1, 0.15) is 0 Å². The Balaban J connectivity index is 3.12. The fourth-order valence-corrected chi connectivity index (χ4v) is 0.775. The summed E-state index contributed by atoms with van der Waals surface area (Å²) in [6.45, 7) is 3.83. The van der Waals surface area contributed by atoms with Crippen molar-refractivity contribution in [3.05, 3.63) is 11.3 Å². The molecule has 0 N–H and O–H groups in total. The molecule has 10 heavy (non-hydrogen) atoms. The molecule has 0 aromatic heterocycles. The van der Waals surface area contributed by atoms with Crippen LogP contribution in [0.3, 0.4) is 0 Å². The summed E-state index contributed by atoms with van der Waals surface area (Å²) >= 11 is 0. The van der Waals surface area contributed by atoms with Crippen LogP contribution in [-0.2, 0) is 0 Å². The summed E-state index contributed by atoms with van der Waals surface area (Å²) in [5.74, 6) is 0. The topological polar surface area (TPSA) is 31.2 Å². The molecule has 0 aromatic carbocycles. The van der Waals surface area contributed by atoms with Gasteiger partial charge in [0.15, 0.2) is 4.91 Å². The predicted octanol–water partition coefficient (Wildman–Crippen LogP) is 2.07. The third-order valence-electron chi connectivity index (χ3n) is 1.44. The molecule has 0 aromatic rings. The summed E-state index contributed by atoms with van der Waals surface area (Å²) in [4.78, 5) is 12.7. The molecule has 58 valence electrons. The third-order valence-corrected chi connectivity index (χ3v) is 1.44. The first kappa shape index (κ1) is 9.38. The van der Waals surface area contributed by atoms with Crippen LogP contribution in [0.15, 0.2) is 0 Å². The zero-order valence-electron chi connectivity index (χ0n) is 6.76. The Kier molecular flexibility index (Phi) is 6.10. The van der Waals surface area contributed by atoms with Gasteiger partial charge >= 0.3 is 5.71 Å². The Morgan fingerprint density at radius 3 is 2.70 bits per heavy atom. The number of hydrogen-bond acceptors (Lipinski definition) is 1. The van der Waals surface area contributed by atoms with E-state index in [4.69, 9.17) is 0 Å². The van der Waals surface area contributed by atoms with Crippen LogP contribution in [0.2, 0.25) is 0 Å². The van der Waals surface area contributed by atoms with Gasteiger partial charge in [-0.15, -0.1) is 0 Å². The van der Waals surface area contributed by atoms with Crippen LogP contribution in [-0.4, -0.2) is 5.71 Å². The maximum atomic E-state index is 9.87. The molecule has 0 radical (unpaired) electrons. The van der Waals surface area contributed by atoms with Gasteiger partial charge in [-0.2, -0.15) is 13.3 Å². The van der Waals surface area contributed by atoms with Gasteiger partial charge in [-0.1, -0.05) is 6.42 Å². The molecule has 0 aliphatic rings. The maximum Gasteiger partial charge on any atom is 0.346 e. The minimum atomic E-state index is 0.719. The van der Waals surface area contributed by atoms with Crippen LogP contribution in [0.4, 0.5) is 0 Å². The van der Waals surface area contributed by atoms with Crippen LogP contribution in [0.1, 0.15) is 39.5 Å². The Hall–Kier alpha value is -0.620. The summed E-state index contributed by atoms with van der Waals surface area (Å²) in [5, 5.41) is 0. The number of rotatable bonds is 5. The first-order chi connectivity index (χ1) is 4.81. The van der Waals surface area contributed by atoms with Crippen LogP contribution < -0.4 is 4.85 Å². The molecule has 0 atom stereocenters. The standard InChI is InChI=1S/C8H15NO/c1-3-4-5-6-7-8(2)9-10/h3H,4-7H2,1-2H3. The molecule has 0 bridgehead atoms. The Labute approximate surface area is 62.3 Å². The number of nitrogens with zero attached hydrogens (tertiary/aromatic N) is 1. The lowest BCUT2D eigenvalue weighted by Gasteiger charge is -1.99. The highest BCUT2D eigenvalue weighted by Crippen LogP contribution is 2.01. The maximum absolute atomic E-state index is 9.87. The fourth-order valence-electron chi connectivity index (χ4n) is 0.775. The van der Waals surface area contributed by atoms with Crippen LogP contribution >= 0.6 is 0 Å². The molecule has 0 amide bonds. The van der Waals surface area contributed by atoms with E-state index < -0.39 is 0 Å². The summed E-state index contributed by atoms with van der Waals surface area (Å²) < 4.78 is 0. The van der Waals surface area contributed by atoms with Gasteiger partial charge in [0.05, 0.1) is 6.42 Å². The number of unbranched alkanes of at least 4 members (excludes halogenated alkanes) is 3. The van der Waals surface area contributed by atoms with E-state index in [0.717, 1.165) is 25.0 Å². The van der Waals surface area contributed by atoms with Crippen LogP contribution in [0, 0.1) is 11.3 Å². The molecular formula is C8H15NO. The molecule has 0 saturated heterocycles. The van der Waals surface area contributed by atoms with Crippen molar-refractivity contribution in [1.82, 2.24) is 4.85 Å². The van der Waals surface area contributed by atoms with E-state index in [1.165, 1.54) is 6.42 Å². The average Bonchev–Trinajstić information content (AvgIpc) is 1.98. The Morgan fingerprint density at radius 2 is 2.20 bits per heavy atom. The van der Waals surface area contributed by atoms with Crippen molar-refractivity contribution in [1.29, 1.82) is 0 Å². The largest absolute Gasteiger partial charge is 0.346 e. The summed E-state index contributed by atoms with van der Waals surface area (Å²) in [5.41, 5.74) is 0.719. The minimum absolute atomic E-state index is 0.719. The van der Waals surface area contributed by atoms with E-state index in [1.54, 1.807) is 6.92 Å². The van der Waals surface area contributed by atoms with Gasteiger partial charge < -0.3 is 6.42 Å². The van der Waals surface area contributed by atoms with Gasteiger partial charge in [0.2, 0.25) is 4.85 Å². The first-order valence-corrected chi connectivity index (χ1v) is 3.75. The number of hydrogen-bond donors (Lipinski definition) is 0. The second kappa shape index (κ2) is 6.50. The van der Waals surface area contributed by atoms with Crippen molar-refractivity contribution in [2.45, 2.75) is 39.5 Å². The molecule has 0 fully saturated rings. The molecule has 0 saturated carbocycles. The van der Waals surface area contributed by atoms with E-state index in [-0.39, 0.29) is 0 Å². The summed E-state index contributed by atoms with van der Waals surface area (Å²) in [7, 11) is 0. The van der Waals surface area contributed by atoms with Crippen molar-refractivity contribution in [2.75, 3.05) is 0 Å². The second-order valence-corrected chi connectivity index (χ2v) is 2.48. The van der Waals surface area contributed by atoms with Crippen molar-refractivity contribution < 1.29 is 0 Å². The predicted molar refractivity (Wildman–Crippen MR) is 44.6 cm³/mol. The van der Waals surface area contributed by atoms with Crippen molar-refractivity contribution >= 4 is 5.71 Å². The van der Waals surface area contributed by atoms with Gasteiger partial charge in [0.25, 0.3) is 0 Å². The smallest absolute Gasteiger partial charge is 0.332 e. The van der Waals surface area contributed by atoms with E-state index in [2.05, 4.69) is 18.2 Å². The van der Waals surface area contributed by atoms with Crippen molar-refractivity contribution in [3.8, 4) is 0 Å². The zero-order chi connectivity index (χ0) is 7.82. The first-order valence-electron chi connectivity index (χ1n) is 3.75. The molecule has 0 heterocycles. The molecule has 0 rings (SSSR count). The SMILES string of the molecule is C[CH-]CCCCC(C)=[N+]=O. The molecule has 2 heteroatoms. The van der Waals surface area contributed by atoms with Gasteiger partial charge in [-0.3, -0.25) is 0 Å². The summed E-state index contributed by atoms with van der Waals surface area (Å²) in [6, 6.07) is 0. The average molecular weight is 141 g/mol. The molecule has 2 nitrogen and oxygen atoms in total. The van der Waals surface area contributed by atoms with Gasteiger partial charge in [-0.25, -0.2) is 0 Å². The highest BCUT2D eigenvalue weighted by molar-refractivity contribution is 5.80. The van der Waals surface area contributed by atoms with Crippen LogP contribution in [0.5, 0.6) is 0 Å². The van der Waals surface area contributed by atoms with E-state index >= 15 is 0 Å². The monoisotopic (exact) mass is 141 g/mol. The summed E-state index contributed by atoms with van der Waals surface area (Å²) in [6.07, 6.45) is 6.40. The van der Waals surface area contributed by atoms with E-state index in [9.17, 15) is 4.91 Å². The Morgan fingerprint density at radius 1 is 1.50 bits per heavy atom.